The van der Waals surface area contributed by atoms with Crippen LogP contribution in [-0.4, -0.2) is 29.5 Å². The number of hydrogen-bond donors (Lipinski definition) is 0. The van der Waals surface area contributed by atoms with E-state index in [4.69, 9.17) is 4.98 Å². The van der Waals surface area contributed by atoms with Crippen molar-refractivity contribution in [3.05, 3.63) is 85.1 Å². The van der Waals surface area contributed by atoms with Gasteiger partial charge in [-0.3, -0.25) is 9.67 Å². The molecular weight excluding hydrogens is 360 g/mol. The van der Waals surface area contributed by atoms with Gasteiger partial charge in [0.15, 0.2) is 0 Å². The van der Waals surface area contributed by atoms with Crippen LogP contribution in [0.15, 0.2) is 79.4 Å². The number of aromatic nitrogens is 6. The molecule has 29 heavy (non-hydrogen) atoms. The molecule has 142 valence electrons. The first-order valence-electron chi connectivity index (χ1n) is 9.60. The Balaban J connectivity index is 1.60. The van der Waals surface area contributed by atoms with E-state index in [0.29, 0.717) is 0 Å². The SMILES string of the molecule is Cc1cn(CCn2cnc(-c3ccccc3)c2-c2cnc3ccccc3c2)nn1. The van der Waals surface area contributed by atoms with Gasteiger partial charge in [0, 0.05) is 35.5 Å². The molecule has 0 bridgehead atoms. The van der Waals surface area contributed by atoms with E-state index >= 15 is 0 Å². The normalized spacial score (nSPS) is 11.2. The van der Waals surface area contributed by atoms with Crippen molar-refractivity contribution in [3.8, 4) is 22.5 Å². The summed E-state index contributed by atoms with van der Waals surface area (Å²) in [6.07, 6.45) is 5.78. The Bertz CT molecular complexity index is 1270. The molecule has 0 radical (unpaired) electrons. The van der Waals surface area contributed by atoms with E-state index in [1.54, 1.807) is 0 Å². The minimum absolute atomic E-state index is 0.722. The van der Waals surface area contributed by atoms with Crippen molar-refractivity contribution >= 4 is 10.9 Å². The Kier molecular flexibility index (Phi) is 4.37. The van der Waals surface area contributed by atoms with Gasteiger partial charge in [-0.15, -0.1) is 5.10 Å². The predicted molar refractivity (Wildman–Crippen MR) is 113 cm³/mol. The zero-order valence-electron chi connectivity index (χ0n) is 16.1. The lowest BCUT2D eigenvalue weighted by Crippen LogP contribution is -2.08. The molecule has 2 aromatic carbocycles. The number of rotatable bonds is 5. The number of hydrogen-bond acceptors (Lipinski definition) is 4. The van der Waals surface area contributed by atoms with Crippen molar-refractivity contribution in [2.45, 2.75) is 20.0 Å². The number of imidazole rings is 1. The van der Waals surface area contributed by atoms with E-state index in [1.807, 2.05) is 66.7 Å². The summed E-state index contributed by atoms with van der Waals surface area (Å²) in [7, 11) is 0. The first kappa shape index (κ1) is 17.3. The third kappa shape index (κ3) is 3.40. The van der Waals surface area contributed by atoms with Crippen LogP contribution < -0.4 is 0 Å². The topological polar surface area (TPSA) is 61.4 Å². The Hall–Kier alpha value is -3.80. The predicted octanol–water partition coefficient (Wildman–Crippen LogP) is 4.37. The van der Waals surface area contributed by atoms with Crippen molar-refractivity contribution in [2.24, 2.45) is 0 Å². The fraction of sp³-hybridized carbons (Fsp3) is 0.130. The van der Waals surface area contributed by atoms with E-state index < -0.39 is 0 Å². The van der Waals surface area contributed by atoms with Crippen LogP contribution in [0.4, 0.5) is 0 Å². The van der Waals surface area contributed by atoms with Gasteiger partial charge in [-0.1, -0.05) is 53.7 Å². The summed E-state index contributed by atoms with van der Waals surface area (Å²) < 4.78 is 4.03. The molecule has 0 aliphatic carbocycles. The van der Waals surface area contributed by atoms with Gasteiger partial charge in [0.05, 0.1) is 35.5 Å². The molecule has 5 rings (SSSR count). The highest BCUT2D eigenvalue weighted by Crippen LogP contribution is 2.32. The maximum atomic E-state index is 4.75. The lowest BCUT2D eigenvalue weighted by molar-refractivity contribution is 0.521. The highest BCUT2D eigenvalue weighted by molar-refractivity contribution is 5.86. The van der Waals surface area contributed by atoms with Crippen LogP contribution in [0.1, 0.15) is 5.69 Å². The number of aryl methyl sites for hydroxylation is 3. The number of fused-ring (bicyclic) bond motifs is 1. The van der Waals surface area contributed by atoms with Crippen LogP contribution >= 0.6 is 0 Å². The zero-order valence-corrected chi connectivity index (χ0v) is 16.1. The highest BCUT2D eigenvalue weighted by Gasteiger charge is 2.16. The number of benzene rings is 2. The standard InChI is InChI=1S/C23H20N6/c1-17-15-29(27-26-17)12-11-28-16-25-22(18-7-3-2-4-8-18)23(28)20-13-19-9-5-6-10-21(19)24-14-20/h2-10,13-16H,11-12H2,1H3. The summed E-state index contributed by atoms with van der Waals surface area (Å²) in [5, 5.41) is 9.35. The summed E-state index contributed by atoms with van der Waals surface area (Å²) in [4.78, 5) is 9.42. The molecule has 0 atom stereocenters. The average molecular weight is 380 g/mol. The Morgan fingerprint density at radius 3 is 2.52 bits per heavy atom. The summed E-state index contributed by atoms with van der Waals surface area (Å²) in [5.41, 5.74) is 6.06. The lowest BCUT2D eigenvalue weighted by atomic mass is 10.0. The van der Waals surface area contributed by atoms with Crippen LogP contribution in [0.3, 0.4) is 0 Å². The maximum Gasteiger partial charge on any atom is 0.0963 e. The van der Waals surface area contributed by atoms with E-state index in [9.17, 15) is 0 Å². The quantitative estimate of drug-likeness (QED) is 0.454. The molecule has 6 nitrogen and oxygen atoms in total. The molecule has 3 heterocycles. The van der Waals surface area contributed by atoms with Gasteiger partial charge >= 0.3 is 0 Å². The number of nitrogens with zero attached hydrogens (tertiary/aromatic N) is 6. The number of para-hydroxylation sites is 1. The Morgan fingerprint density at radius 1 is 0.862 bits per heavy atom. The first-order valence-corrected chi connectivity index (χ1v) is 9.60. The molecular formula is C23H20N6. The minimum atomic E-state index is 0.722. The largest absolute Gasteiger partial charge is 0.328 e. The van der Waals surface area contributed by atoms with Crippen molar-refractivity contribution < 1.29 is 0 Å². The van der Waals surface area contributed by atoms with Crippen molar-refractivity contribution in [1.82, 2.24) is 29.5 Å². The average Bonchev–Trinajstić information content (AvgIpc) is 3.38. The fourth-order valence-corrected chi connectivity index (χ4v) is 3.58. The van der Waals surface area contributed by atoms with E-state index in [-0.39, 0.29) is 0 Å². The van der Waals surface area contributed by atoms with Gasteiger partial charge in [-0.25, -0.2) is 4.98 Å². The van der Waals surface area contributed by atoms with Crippen LogP contribution in [0, 0.1) is 6.92 Å². The van der Waals surface area contributed by atoms with E-state index in [0.717, 1.165) is 52.2 Å². The fourth-order valence-electron chi connectivity index (χ4n) is 3.58. The smallest absolute Gasteiger partial charge is 0.0963 e. The van der Waals surface area contributed by atoms with Crippen molar-refractivity contribution in [3.63, 3.8) is 0 Å². The minimum Gasteiger partial charge on any atom is -0.328 e. The molecule has 0 aliphatic rings. The Morgan fingerprint density at radius 2 is 1.69 bits per heavy atom. The molecule has 0 N–H and O–H groups in total. The van der Waals surface area contributed by atoms with Gasteiger partial charge in [0.1, 0.15) is 0 Å². The highest BCUT2D eigenvalue weighted by atomic mass is 15.4. The second kappa shape index (κ2) is 7.31. The molecule has 3 aromatic heterocycles. The molecule has 5 aromatic rings. The number of pyridine rings is 1. The zero-order chi connectivity index (χ0) is 19.6. The third-order valence-electron chi connectivity index (χ3n) is 4.97. The first-order chi connectivity index (χ1) is 14.3. The van der Waals surface area contributed by atoms with Crippen LogP contribution in [0.2, 0.25) is 0 Å². The summed E-state index contributed by atoms with van der Waals surface area (Å²) >= 11 is 0. The van der Waals surface area contributed by atoms with Crippen LogP contribution in [0.25, 0.3) is 33.4 Å². The van der Waals surface area contributed by atoms with E-state index in [1.165, 1.54) is 0 Å². The second-order valence-electron chi connectivity index (χ2n) is 7.04. The van der Waals surface area contributed by atoms with Gasteiger partial charge in [-0.05, 0) is 19.1 Å². The Labute approximate surface area is 168 Å². The van der Waals surface area contributed by atoms with Gasteiger partial charge in [0.2, 0.25) is 0 Å². The van der Waals surface area contributed by atoms with Gasteiger partial charge < -0.3 is 4.57 Å². The molecule has 0 aliphatic heterocycles. The van der Waals surface area contributed by atoms with E-state index in [2.05, 4.69) is 44.1 Å². The maximum absolute atomic E-state index is 4.75. The molecule has 0 unspecified atom stereocenters. The summed E-state index contributed by atoms with van der Waals surface area (Å²) in [6.45, 7) is 3.41. The molecule has 0 saturated heterocycles. The van der Waals surface area contributed by atoms with Crippen LogP contribution in [0.5, 0.6) is 0 Å². The van der Waals surface area contributed by atoms with Crippen molar-refractivity contribution in [1.29, 1.82) is 0 Å². The molecule has 0 amide bonds. The summed E-state index contributed by atoms with van der Waals surface area (Å²) in [6, 6.07) is 20.6. The molecule has 0 saturated carbocycles. The van der Waals surface area contributed by atoms with Crippen molar-refractivity contribution in [2.75, 3.05) is 0 Å². The second-order valence-corrected chi connectivity index (χ2v) is 7.04. The van der Waals surface area contributed by atoms with Gasteiger partial charge in [-0.2, -0.15) is 0 Å². The van der Waals surface area contributed by atoms with Crippen LogP contribution in [-0.2, 0) is 13.1 Å². The monoisotopic (exact) mass is 380 g/mol. The molecule has 0 spiro atoms. The molecule has 0 fully saturated rings. The molecule has 6 heteroatoms. The van der Waals surface area contributed by atoms with Gasteiger partial charge in [0.25, 0.3) is 0 Å². The summed E-state index contributed by atoms with van der Waals surface area (Å²) in [5.74, 6) is 0. The third-order valence-corrected chi connectivity index (χ3v) is 4.97. The lowest BCUT2D eigenvalue weighted by Gasteiger charge is -2.11.